The molecule has 0 radical (unpaired) electrons. The van der Waals surface area contributed by atoms with Gasteiger partial charge in [0.1, 0.15) is 5.58 Å². The lowest BCUT2D eigenvalue weighted by molar-refractivity contribution is -0.133. The first-order chi connectivity index (χ1) is 7.96. The highest BCUT2D eigenvalue weighted by Crippen LogP contribution is 2.24. The lowest BCUT2D eigenvalue weighted by Gasteiger charge is -2.03. The Balaban J connectivity index is 2.14. The number of hydrogen-bond donors (Lipinski definition) is 0. The smallest absolute Gasteiger partial charge is 0.389 e. The van der Waals surface area contributed by atoms with Crippen molar-refractivity contribution in [2.24, 2.45) is 0 Å². The first-order valence-corrected chi connectivity index (χ1v) is 5.04. The largest absolute Gasteiger partial charge is 0.453 e. The summed E-state index contributed by atoms with van der Waals surface area (Å²) in [5.74, 6) is -0.644. The Morgan fingerprint density at radius 3 is 2.59 bits per heavy atom. The summed E-state index contributed by atoms with van der Waals surface area (Å²) < 4.78 is 41.0. The zero-order valence-corrected chi connectivity index (χ0v) is 8.75. The van der Waals surface area contributed by atoms with Crippen LogP contribution in [0, 0.1) is 0 Å². The minimum Gasteiger partial charge on any atom is -0.453 e. The van der Waals surface area contributed by atoms with E-state index in [0.717, 1.165) is 0 Å². The molecule has 0 amide bonds. The molecular formula is C12H9F3O2. The van der Waals surface area contributed by atoms with Gasteiger partial charge in [0.2, 0.25) is 0 Å². The first kappa shape index (κ1) is 11.7. The molecule has 2 aromatic rings. The van der Waals surface area contributed by atoms with Crippen LogP contribution < -0.4 is 0 Å². The molecule has 0 saturated heterocycles. The van der Waals surface area contributed by atoms with Crippen molar-refractivity contribution in [1.82, 2.24) is 0 Å². The molecule has 0 N–H and O–H groups in total. The van der Waals surface area contributed by atoms with Gasteiger partial charge in [-0.25, -0.2) is 0 Å². The molecule has 17 heavy (non-hydrogen) atoms. The van der Waals surface area contributed by atoms with Gasteiger partial charge in [-0.2, -0.15) is 13.2 Å². The molecule has 0 bridgehead atoms. The number of halogens is 3. The number of Topliss-reactive ketones (excluding diaryl/α,β-unsaturated/α-hetero) is 1. The van der Waals surface area contributed by atoms with Crippen LogP contribution in [0.25, 0.3) is 11.0 Å². The molecule has 2 nitrogen and oxygen atoms in total. The molecule has 90 valence electrons. The number of rotatable bonds is 3. The fourth-order valence-corrected chi connectivity index (χ4v) is 1.50. The maximum Gasteiger partial charge on any atom is 0.389 e. The summed E-state index contributed by atoms with van der Waals surface area (Å²) in [4.78, 5) is 11.5. The Bertz CT molecular complexity index is 507. The monoisotopic (exact) mass is 242 g/mol. The summed E-state index contributed by atoms with van der Waals surface area (Å²) in [6, 6.07) is 8.36. The molecule has 1 aromatic heterocycles. The van der Waals surface area contributed by atoms with Gasteiger partial charge in [-0.15, -0.1) is 0 Å². The predicted octanol–water partition coefficient (Wildman–Crippen LogP) is 3.96. The van der Waals surface area contributed by atoms with Crippen LogP contribution in [0.5, 0.6) is 0 Å². The Morgan fingerprint density at radius 2 is 1.94 bits per heavy atom. The van der Waals surface area contributed by atoms with Crippen LogP contribution in [-0.4, -0.2) is 12.0 Å². The van der Waals surface area contributed by atoms with Gasteiger partial charge in [0.05, 0.1) is 6.42 Å². The van der Waals surface area contributed by atoms with Crippen LogP contribution >= 0.6 is 0 Å². The molecule has 0 fully saturated rings. The Morgan fingerprint density at radius 1 is 1.24 bits per heavy atom. The van der Waals surface area contributed by atoms with Crippen molar-refractivity contribution in [2.75, 3.05) is 0 Å². The van der Waals surface area contributed by atoms with E-state index in [9.17, 15) is 18.0 Å². The minimum absolute atomic E-state index is 0.0181. The Hall–Kier alpha value is -1.78. The number of carbonyl (C=O) groups is 1. The molecule has 1 aromatic carbocycles. The highest BCUT2D eigenvalue weighted by atomic mass is 19.4. The van der Waals surface area contributed by atoms with Crippen LogP contribution in [0.3, 0.4) is 0 Å². The lowest BCUT2D eigenvalue weighted by Crippen LogP contribution is -2.10. The van der Waals surface area contributed by atoms with Crippen LogP contribution in [0.15, 0.2) is 34.7 Å². The maximum absolute atomic E-state index is 12.0. The van der Waals surface area contributed by atoms with E-state index >= 15 is 0 Å². The van der Waals surface area contributed by atoms with Crippen molar-refractivity contribution in [1.29, 1.82) is 0 Å². The number of para-hydroxylation sites is 1. The van der Waals surface area contributed by atoms with Crippen LogP contribution in [-0.2, 0) is 0 Å². The average Bonchev–Trinajstić information content (AvgIpc) is 2.68. The van der Waals surface area contributed by atoms with Gasteiger partial charge in [-0.3, -0.25) is 4.79 Å². The van der Waals surface area contributed by atoms with E-state index < -0.39 is 24.8 Å². The predicted molar refractivity (Wildman–Crippen MR) is 55.8 cm³/mol. The van der Waals surface area contributed by atoms with Crippen molar-refractivity contribution in [3.63, 3.8) is 0 Å². The highest BCUT2D eigenvalue weighted by Gasteiger charge is 2.28. The zero-order chi connectivity index (χ0) is 12.5. The molecule has 2 rings (SSSR count). The van der Waals surface area contributed by atoms with Gasteiger partial charge in [0, 0.05) is 11.8 Å². The third-order valence-electron chi connectivity index (χ3n) is 2.34. The molecule has 0 saturated carbocycles. The van der Waals surface area contributed by atoms with E-state index in [1.807, 2.05) is 0 Å². The van der Waals surface area contributed by atoms with Gasteiger partial charge in [0.25, 0.3) is 0 Å². The van der Waals surface area contributed by atoms with E-state index in [4.69, 9.17) is 4.42 Å². The second kappa shape index (κ2) is 4.24. The fraction of sp³-hybridized carbons (Fsp3) is 0.250. The van der Waals surface area contributed by atoms with Crippen LogP contribution in [0.4, 0.5) is 13.2 Å². The van der Waals surface area contributed by atoms with Gasteiger partial charge >= 0.3 is 6.18 Å². The summed E-state index contributed by atoms with van der Waals surface area (Å²) in [5, 5.41) is 0.711. The second-order valence-electron chi connectivity index (χ2n) is 3.69. The first-order valence-electron chi connectivity index (χ1n) is 5.04. The van der Waals surface area contributed by atoms with Crippen molar-refractivity contribution in [3.05, 3.63) is 36.1 Å². The van der Waals surface area contributed by atoms with E-state index in [1.54, 1.807) is 24.3 Å². The normalized spacial score (nSPS) is 11.9. The molecule has 0 unspecified atom stereocenters. The highest BCUT2D eigenvalue weighted by molar-refractivity contribution is 5.97. The summed E-state index contributed by atoms with van der Waals surface area (Å²) in [7, 11) is 0. The van der Waals surface area contributed by atoms with Crippen molar-refractivity contribution in [3.8, 4) is 0 Å². The molecule has 0 aliphatic rings. The average molecular weight is 242 g/mol. The third kappa shape index (κ3) is 2.87. The van der Waals surface area contributed by atoms with Gasteiger partial charge in [-0.05, 0) is 12.1 Å². The molecule has 1 heterocycles. The minimum atomic E-state index is -4.32. The topological polar surface area (TPSA) is 30.2 Å². The number of furan rings is 1. The summed E-state index contributed by atoms with van der Waals surface area (Å²) in [5.41, 5.74) is 0.503. The maximum atomic E-state index is 12.0. The van der Waals surface area contributed by atoms with Crippen LogP contribution in [0.2, 0.25) is 0 Å². The Labute approximate surface area is 95.0 Å². The second-order valence-corrected chi connectivity index (χ2v) is 3.69. The number of benzene rings is 1. The molecule has 5 heteroatoms. The Kier molecular flexibility index (Phi) is 2.92. The van der Waals surface area contributed by atoms with E-state index in [0.29, 0.717) is 11.0 Å². The van der Waals surface area contributed by atoms with Gasteiger partial charge in [-0.1, -0.05) is 18.2 Å². The van der Waals surface area contributed by atoms with Crippen molar-refractivity contribution in [2.45, 2.75) is 19.0 Å². The third-order valence-corrected chi connectivity index (χ3v) is 2.34. The van der Waals surface area contributed by atoms with Crippen LogP contribution in [0.1, 0.15) is 23.4 Å². The molecule has 0 aliphatic heterocycles. The number of fused-ring (bicyclic) bond motifs is 1. The van der Waals surface area contributed by atoms with E-state index in [2.05, 4.69) is 0 Å². The van der Waals surface area contributed by atoms with E-state index in [1.165, 1.54) is 6.07 Å². The fourth-order valence-electron chi connectivity index (χ4n) is 1.50. The summed E-state index contributed by atoms with van der Waals surface area (Å²) >= 11 is 0. The van der Waals surface area contributed by atoms with Gasteiger partial charge < -0.3 is 4.42 Å². The molecule has 0 atom stereocenters. The number of ketones is 1. The number of hydrogen-bond acceptors (Lipinski definition) is 2. The van der Waals surface area contributed by atoms with Crippen molar-refractivity contribution >= 4 is 16.8 Å². The summed E-state index contributed by atoms with van der Waals surface area (Å²) in [6.07, 6.45) is -6.02. The molecule has 0 spiro atoms. The lowest BCUT2D eigenvalue weighted by atomic mass is 10.1. The molecular weight excluding hydrogens is 233 g/mol. The standard InChI is InChI=1S/C12H9F3O2/c13-12(14,15)6-5-9(16)11-7-8-3-1-2-4-10(8)17-11/h1-4,7H,5-6H2. The number of alkyl halides is 3. The quantitative estimate of drug-likeness (QED) is 0.762. The van der Waals surface area contributed by atoms with Crippen molar-refractivity contribution < 1.29 is 22.4 Å². The van der Waals surface area contributed by atoms with Gasteiger partial charge in [0.15, 0.2) is 11.5 Å². The SMILES string of the molecule is O=C(CCC(F)(F)F)c1cc2ccccc2o1. The number of carbonyl (C=O) groups excluding carboxylic acids is 1. The summed E-state index contributed by atoms with van der Waals surface area (Å²) in [6.45, 7) is 0. The zero-order valence-electron chi connectivity index (χ0n) is 8.75. The molecule has 0 aliphatic carbocycles. The van der Waals surface area contributed by atoms with E-state index in [-0.39, 0.29) is 5.76 Å².